The van der Waals surface area contributed by atoms with Crippen LogP contribution < -0.4 is 0 Å². The second-order valence-corrected chi connectivity index (χ2v) is 8.91. The summed E-state index contributed by atoms with van der Waals surface area (Å²) < 4.78 is 49.3. The lowest BCUT2D eigenvalue weighted by Gasteiger charge is -2.33. The molecule has 0 radical (unpaired) electrons. The third-order valence-corrected chi connectivity index (χ3v) is 5.40. The van der Waals surface area contributed by atoms with E-state index in [-0.39, 0.29) is 19.6 Å². The van der Waals surface area contributed by atoms with Crippen LogP contribution in [0.2, 0.25) is 0 Å². The molecule has 0 amide bonds. The topological polar surface area (TPSA) is 127 Å². The Hall–Kier alpha value is -0.480. The molecule has 0 aromatic heterocycles. The van der Waals surface area contributed by atoms with E-state index >= 15 is 0 Å². The number of methoxy groups -OCH3 is 3. The van der Waals surface area contributed by atoms with E-state index in [1.165, 1.54) is 0 Å². The molecule has 0 aromatic carbocycles. The van der Waals surface area contributed by atoms with E-state index < -0.39 is 14.0 Å². The van der Waals surface area contributed by atoms with E-state index in [1.54, 1.807) is 21.3 Å². The monoisotopic (exact) mass is 527 g/mol. The zero-order chi connectivity index (χ0) is 25.9. The Morgan fingerprint density at radius 1 is 0.600 bits per heavy atom. The highest BCUT2D eigenvalue weighted by molar-refractivity contribution is 7.40. The SMILES string of the molecule is COCCCOCC(COCCCOC)(COCCCOC)COCCCOP(O)OCCC#N. The molecule has 11 nitrogen and oxygen atoms in total. The minimum Gasteiger partial charge on any atom is -0.385 e. The highest BCUT2D eigenvalue weighted by Gasteiger charge is 2.32. The molecule has 0 bridgehead atoms. The van der Waals surface area contributed by atoms with E-state index in [0.29, 0.717) is 79.1 Å². The smallest absolute Gasteiger partial charge is 0.329 e. The minimum atomic E-state index is -1.97. The molecule has 0 heterocycles. The van der Waals surface area contributed by atoms with Gasteiger partial charge in [0.15, 0.2) is 0 Å². The van der Waals surface area contributed by atoms with Crippen LogP contribution in [0, 0.1) is 16.7 Å². The molecule has 0 saturated carbocycles. The molecule has 35 heavy (non-hydrogen) atoms. The first-order chi connectivity index (χ1) is 17.1. The Kier molecular flexibility index (Phi) is 26.2. The Bertz CT molecular complexity index is 448. The highest BCUT2D eigenvalue weighted by Crippen LogP contribution is 2.32. The average Bonchev–Trinajstić information content (AvgIpc) is 2.86. The van der Waals surface area contributed by atoms with E-state index in [0.717, 1.165) is 19.3 Å². The summed E-state index contributed by atoms with van der Waals surface area (Å²) in [7, 11) is 3.03. The summed E-state index contributed by atoms with van der Waals surface area (Å²) in [5.74, 6) is 0. The van der Waals surface area contributed by atoms with Crippen LogP contribution in [0.5, 0.6) is 0 Å². The maximum absolute atomic E-state index is 9.63. The number of nitriles is 1. The summed E-state index contributed by atoms with van der Waals surface area (Å²) in [4.78, 5) is 9.63. The van der Waals surface area contributed by atoms with Crippen molar-refractivity contribution in [3.8, 4) is 6.07 Å². The first-order valence-corrected chi connectivity index (χ1v) is 13.2. The van der Waals surface area contributed by atoms with Crippen LogP contribution in [-0.2, 0) is 42.2 Å². The second-order valence-electron chi connectivity index (χ2n) is 7.92. The third-order valence-electron chi connectivity index (χ3n) is 4.59. The standard InChI is InChI=1S/C23H46NO10P/c1-26-10-5-13-29-19-23(20-30-14-6-11-27-2,21-31-15-7-12-28-3)22-32-16-8-18-34-35(25)33-17-4-9-24/h25H,4-8,10-22H2,1-3H3. The molecule has 1 N–H and O–H groups in total. The van der Waals surface area contributed by atoms with Crippen molar-refractivity contribution in [3.05, 3.63) is 0 Å². The molecule has 0 rings (SSSR count). The summed E-state index contributed by atoms with van der Waals surface area (Å²) >= 11 is 0. The van der Waals surface area contributed by atoms with Gasteiger partial charge in [-0.25, -0.2) is 0 Å². The molecular formula is C23H46NO10P. The van der Waals surface area contributed by atoms with Gasteiger partial charge in [0.1, 0.15) is 0 Å². The van der Waals surface area contributed by atoms with Gasteiger partial charge in [-0.1, -0.05) is 0 Å². The Balaban J connectivity index is 4.68. The van der Waals surface area contributed by atoms with Crippen LogP contribution in [0.25, 0.3) is 0 Å². The van der Waals surface area contributed by atoms with Crippen molar-refractivity contribution in [2.45, 2.75) is 32.1 Å². The van der Waals surface area contributed by atoms with Crippen LogP contribution in [0.1, 0.15) is 32.1 Å². The summed E-state index contributed by atoms with van der Waals surface area (Å²) in [5.41, 5.74) is -0.474. The molecular weight excluding hydrogens is 481 g/mol. The lowest BCUT2D eigenvalue weighted by Crippen LogP contribution is -2.42. The van der Waals surface area contributed by atoms with Crippen molar-refractivity contribution >= 4 is 8.60 Å². The summed E-state index contributed by atoms with van der Waals surface area (Å²) in [6.45, 7) is 6.16. The van der Waals surface area contributed by atoms with Crippen molar-refractivity contribution in [2.24, 2.45) is 5.41 Å². The zero-order valence-corrected chi connectivity index (χ0v) is 22.6. The van der Waals surface area contributed by atoms with Crippen LogP contribution in [0.15, 0.2) is 0 Å². The maximum Gasteiger partial charge on any atom is 0.329 e. The van der Waals surface area contributed by atoms with Crippen LogP contribution >= 0.6 is 8.60 Å². The van der Waals surface area contributed by atoms with Crippen LogP contribution in [0.4, 0.5) is 0 Å². The molecule has 0 saturated heterocycles. The van der Waals surface area contributed by atoms with E-state index in [1.807, 2.05) is 6.07 Å². The number of ether oxygens (including phenoxy) is 7. The minimum absolute atomic E-state index is 0.150. The molecule has 0 fully saturated rings. The lowest BCUT2D eigenvalue weighted by molar-refractivity contribution is -0.110. The molecule has 0 aromatic rings. The van der Waals surface area contributed by atoms with Crippen molar-refractivity contribution in [2.75, 3.05) is 107 Å². The fourth-order valence-corrected chi connectivity index (χ4v) is 3.44. The molecule has 12 heteroatoms. The predicted octanol–water partition coefficient (Wildman–Crippen LogP) is 2.70. The summed E-state index contributed by atoms with van der Waals surface area (Å²) in [6.07, 6.45) is 3.19. The Morgan fingerprint density at radius 2 is 0.971 bits per heavy atom. The Labute approximate surface area is 212 Å². The normalized spacial score (nSPS) is 12.7. The van der Waals surface area contributed by atoms with Gasteiger partial charge in [-0.3, -0.25) is 0 Å². The molecule has 0 aliphatic heterocycles. The lowest BCUT2D eigenvalue weighted by atomic mass is 9.92. The van der Waals surface area contributed by atoms with Gasteiger partial charge in [0.2, 0.25) is 0 Å². The van der Waals surface area contributed by atoms with Crippen LogP contribution in [-0.4, -0.2) is 112 Å². The van der Waals surface area contributed by atoms with Gasteiger partial charge in [-0.2, -0.15) is 5.26 Å². The van der Waals surface area contributed by atoms with Crippen LogP contribution in [0.3, 0.4) is 0 Å². The van der Waals surface area contributed by atoms with Crippen molar-refractivity contribution in [1.82, 2.24) is 0 Å². The number of hydrogen-bond acceptors (Lipinski definition) is 11. The highest BCUT2D eigenvalue weighted by atomic mass is 31.2. The number of rotatable bonds is 28. The van der Waals surface area contributed by atoms with Gasteiger partial charge in [0.05, 0.1) is 57.5 Å². The van der Waals surface area contributed by atoms with E-state index in [2.05, 4.69) is 0 Å². The Morgan fingerprint density at radius 3 is 1.34 bits per heavy atom. The molecule has 0 aliphatic rings. The van der Waals surface area contributed by atoms with Gasteiger partial charge in [0.25, 0.3) is 0 Å². The largest absolute Gasteiger partial charge is 0.385 e. The molecule has 0 aliphatic carbocycles. The first-order valence-electron chi connectivity index (χ1n) is 12.0. The molecule has 1 unspecified atom stereocenters. The second kappa shape index (κ2) is 26.6. The summed E-state index contributed by atoms with van der Waals surface area (Å²) in [5, 5.41) is 8.49. The average molecular weight is 528 g/mol. The molecule has 0 spiro atoms. The number of nitrogens with zero attached hydrogens (tertiary/aromatic N) is 1. The van der Waals surface area contributed by atoms with Gasteiger partial charge < -0.3 is 47.1 Å². The van der Waals surface area contributed by atoms with Crippen molar-refractivity contribution < 1.29 is 47.1 Å². The van der Waals surface area contributed by atoms with E-state index in [4.69, 9.17) is 47.5 Å². The van der Waals surface area contributed by atoms with Gasteiger partial charge in [0, 0.05) is 67.6 Å². The third kappa shape index (κ3) is 22.4. The van der Waals surface area contributed by atoms with E-state index in [9.17, 15) is 4.89 Å². The molecule has 1 atom stereocenters. The van der Waals surface area contributed by atoms with Crippen molar-refractivity contribution in [1.29, 1.82) is 5.26 Å². The zero-order valence-electron chi connectivity index (χ0n) is 21.7. The first kappa shape index (κ1) is 34.5. The summed E-state index contributed by atoms with van der Waals surface area (Å²) in [6, 6.07) is 1.94. The fourth-order valence-electron chi connectivity index (χ4n) is 2.83. The van der Waals surface area contributed by atoms with Gasteiger partial charge in [-0.15, -0.1) is 0 Å². The van der Waals surface area contributed by atoms with Crippen molar-refractivity contribution in [3.63, 3.8) is 0 Å². The fraction of sp³-hybridized carbons (Fsp3) is 0.957. The predicted molar refractivity (Wildman–Crippen MR) is 131 cm³/mol. The number of hydrogen-bond donors (Lipinski definition) is 1. The van der Waals surface area contributed by atoms with Gasteiger partial charge in [-0.05, 0) is 25.7 Å². The maximum atomic E-state index is 9.63. The van der Waals surface area contributed by atoms with Gasteiger partial charge >= 0.3 is 8.60 Å². The quantitative estimate of drug-likeness (QED) is 0.119. The molecule has 208 valence electrons.